The fourth-order valence-electron chi connectivity index (χ4n) is 2.09. The van der Waals surface area contributed by atoms with Crippen LogP contribution in [0.5, 0.6) is 0 Å². The highest BCUT2D eigenvalue weighted by atomic mass is 79.9. The Morgan fingerprint density at radius 1 is 1.19 bits per heavy atom. The smallest absolute Gasteiger partial charge is 0.129 e. The van der Waals surface area contributed by atoms with Gasteiger partial charge < -0.3 is 10.1 Å². The third-order valence-corrected chi connectivity index (χ3v) is 3.67. The molecule has 0 heterocycles. The van der Waals surface area contributed by atoms with E-state index in [-0.39, 0.29) is 11.9 Å². The van der Waals surface area contributed by atoms with Crippen LogP contribution in [-0.2, 0) is 11.3 Å². The van der Waals surface area contributed by atoms with Gasteiger partial charge in [0, 0.05) is 16.6 Å². The summed E-state index contributed by atoms with van der Waals surface area (Å²) in [6.45, 7) is 3.88. The Morgan fingerprint density at radius 2 is 2.00 bits per heavy atom. The summed E-state index contributed by atoms with van der Waals surface area (Å²) in [4.78, 5) is 0. The molecule has 2 rings (SSSR count). The Morgan fingerprint density at radius 3 is 2.71 bits per heavy atom. The number of ether oxygens (including phenoxy) is 1. The maximum Gasteiger partial charge on any atom is 0.129 e. The van der Waals surface area contributed by atoms with Crippen LogP contribution in [0.3, 0.4) is 0 Å². The van der Waals surface area contributed by atoms with Crippen LogP contribution in [0.2, 0.25) is 0 Å². The largest absolute Gasteiger partial charge is 0.367 e. The van der Waals surface area contributed by atoms with Gasteiger partial charge >= 0.3 is 0 Å². The van der Waals surface area contributed by atoms with Gasteiger partial charge in [0.05, 0.1) is 12.7 Å². The van der Waals surface area contributed by atoms with E-state index in [1.807, 2.05) is 37.3 Å². The Kier molecular flexibility index (Phi) is 6.36. The van der Waals surface area contributed by atoms with Gasteiger partial charge in [-0.2, -0.15) is 0 Å². The molecular formula is C17H19BrFNO. The zero-order valence-electron chi connectivity index (χ0n) is 12.0. The van der Waals surface area contributed by atoms with Crippen molar-refractivity contribution in [3.63, 3.8) is 0 Å². The van der Waals surface area contributed by atoms with Gasteiger partial charge in [-0.1, -0.05) is 53.2 Å². The summed E-state index contributed by atoms with van der Waals surface area (Å²) in [5.74, 6) is -0.227. The maximum absolute atomic E-state index is 13.9. The van der Waals surface area contributed by atoms with Crippen molar-refractivity contribution >= 4 is 15.9 Å². The number of halogens is 2. The monoisotopic (exact) mass is 351 g/mol. The van der Waals surface area contributed by atoms with Crippen LogP contribution < -0.4 is 5.32 Å². The van der Waals surface area contributed by atoms with Gasteiger partial charge in [-0.25, -0.2) is 4.39 Å². The summed E-state index contributed by atoms with van der Waals surface area (Å²) in [7, 11) is 0. The van der Waals surface area contributed by atoms with Crippen molar-refractivity contribution in [2.45, 2.75) is 19.6 Å². The lowest BCUT2D eigenvalue weighted by atomic mass is 10.1. The molecule has 2 aromatic carbocycles. The molecule has 21 heavy (non-hydrogen) atoms. The van der Waals surface area contributed by atoms with Crippen molar-refractivity contribution < 1.29 is 9.13 Å². The van der Waals surface area contributed by atoms with Crippen LogP contribution >= 0.6 is 15.9 Å². The molecule has 0 aromatic heterocycles. The Labute approximate surface area is 133 Å². The fraction of sp³-hybridized carbons (Fsp3) is 0.294. The SMILES string of the molecule is CCNCC(OCc1cccc(Br)c1)c1ccccc1F. The molecule has 1 N–H and O–H groups in total. The quantitative estimate of drug-likeness (QED) is 0.795. The van der Waals surface area contributed by atoms with Gasteiger partial charge in [-0.15, -0.1) is 0 Å². The van der Waals surface area contributed by atoms with Crippen molar-refractivity contribution in [3.05, 3.63) is 69.9 Å². The average Bonchev–Trinajstić information content (AvgIpc) is 2.48. The highest BCUT2D eigenvalue weighted by Crippen LogP contribution is 2.22. The number of hydrogen-bond acceptors (Lipinski definition) is 2. The molecule has 0 amide bonds. The molecule has 0 bridgehead atoms. The second-order valence-corrected chi connectivity index (χ2v) is 5.67. The predicted octanol–water partition coefficient (Wildman–Crippen LogP) is 4.46. The minimum atomic E-state index is -0.301. The Hall–Kier alpha value is -1.23. The van der Waals surface area contributed by atoms with Crippen LogP contribution in [0.1, 0.15) is 24.2 Å². The van der Waals surface area contributed by atoms with Gasteiger partial charge in [-0.05, 0) is 30.3 Å². The standard InChI is InChI=1S/C17H19BrFNO/c1-2-20-11-17(15-8-3-4-9-16(15)19)21-12-13-6-5-7-14(18)10-13/h3-10,17,20H,2,11-12H2,1H3. The zero-order chi connectivity index (χ0) is 15.1. The first-order valence-electron chi connectivity index (χ1n) is 7.02. The Balaban J connectivity index is 2.08. The molecule has 0 saturated heterocycles. The van der Waals surface area contributed by atoms with Gasteiger partial charge in [0.25, 0.3) is 0 Å². The van der Waals surface area contributed by atoms with E-state index in [2.05, 4.69) is 21.2 Å². The maximum atomic E-state index is 13.9. The van der Waals surface area contributed by atoms with Gasteiger partial charge in [0.1, 0.15) is 5.82 Å². The Bertz CT molecular complexity index is 576. The molecule has 0 spiro atoms. The summed E-state index contributed by atoms with van der Waals surface area (Å²) >= 11 is 3.44. The lowest BCUT2D eigenvalue weighted by molar-refractivity contribution is 0.0378. The summed E-state index contributed by atoms with van der Waals surface area (Å²) in [6, 6.07) is 14.7. The third-order valence-electron chi connectivity index (χ3n) is 3.17. The summed E-state index contributed by atoms with van der Waals surface area (Å²) in [6.07, 6.45) is -0.301. The molecule has 1 unspecified atom stereocenters. The molecule has 0 aliphatic heterocycles. The van der Waals surface area contributed by atoms with E-state index in [0.29, 0.717) is 18.7 Å². The van der Waals surface area contributed by atoms with Crippen LogP contribution in [0, 0.1) is 5.82 Å². The summed E-state index contributed by atoms with van der Waals surface area (Å²) in [5.41, 5.74) is 1.65. The van der Waals surface area contributed by atoms with E-state index in [0.717, 1.165) is 16.6 Å². The molecule has 2 aromatic rings. The van der Waals surface area contributed by atoms with E-state index in [1.165, 1.54) is 6.07 Å². The number of nitrogens with one attached hydrogen (secondary N) is 1. The van der Waals surface area contributed by atoms with Gasteiger partial charge in [0.15, 0.2) is 0 Å². The predicted molar refractivity (Wildman–Crippen MR) is 86.6 cm³/mol. The highest BCUT2D eigenvalue weighted by molar-refractivity contribution is 9.10. The second-order valence-electron chi connectivity index (χ2n) is 4.76. The van der Waals surface area contributed by atoms with E-state index in [4.69, 9.17) is 4.74 Å². The minimum absolute atomic E-state index is 0.227. The summed E-state index contributed by atoms with van der Waals surface area (Å²) < 4.78 is 20.9. The number of benzene rings is 2. The lowest BCUT2D eigenvalue weighted by Crippen LogP contribution is -2.23. The number of hydrogen-bond donors (Lipinski definition) is 1. The summed E-state index contributed by atoms with van der Waals surface area (Å²) in [5, 5.41) is 3.22. The van der Waals surface area contributed by atoms with Gasteiger partial charge in [-0.3, -0.25) is 0 Å². The first-order valence-corrected chi connectivity index (χ1v) is 7.81. The zero-order valence-corrected chi connectivity index (χ0v) is 13.6. The topological polar surface area (TPSA) is 21.3 Å². The lowest BCUT2D eigenvalue weighted by Gasteiger charge is -2.19. The van der Waals surface area contributed by atoms with E-state index in [1.54, 1.807) is 12.1 Å². The van der Waals surface area contributed by atoms with E-state index in [9.17, 15) is 4.39 Å². The average molecular weight is 352 g/mol. The van der Waals surface area contributed by atoms with Crippen molar-refractivity contribution in [2.24, 2.45) is 0 Å². The molecule has 0 aliphatic rings. The van der Waals surface area contributed by atoms with Crippen LogP contribution in [0.4, 0.5) is 4.39 Å². The van der Waals surface area contributed by atoms with Crippen molar-refractivity contribution in [3.8, 4) is 0 Å². The molecule has 0 fully saturated rings. The van der Waals surface area contributed by atoms with Crippen LogP contribution in [0.15, 0.2) is 53.0 Å². The van der Waals surface area contributed by atoms with Crippen molar-refractivity contribution in [2.75, 3.05) is 13.1 Å². The normalized spacial score (nSPS) is 12.3. The molecule has 0 aliphatic carbocycles. The van der Waals surface area contributed by atoms with E-state index < -0.39 is 0 Å². The van der Waals surface area contributed by atoms with Crippen molar-refractivity contribution in [1.82, 2.24) is 5.32 Å². The van der Waals surface area contributed by atoms with Crippen LogP contribution in [-0.4, -0.2) is 13.1 Å². The molecule has 0 radical (unpaired) electrons. The molecule has 1 atom stereocenters. The minimum Gasteiger partial charge on any atom is -0.367 e. The molecule has 4 heteroatoms. The van der Waals surface area contributed by atoms with Crippen LogP contribution in [0.25, 0.3) is 0 Å². The number of rotatable bonds is 7. The third kappa shape index (κ3) is 4.92. The molecule has 0 saturated carbocycles. The first kappa shape index (κ1) is 16.1. The van der Waals surface area contributed by atoms with Crippen molar-refractivity contribution in [1.29, 1.82) is 0 Å². The van der Waals surface area contributed by atoms with E-state index >= 15 is 0 Å². The molecule has 112 valence electrons. The highest BCUT2D eigenvalue weighted by Gasteiger charge is 2.15. The molecule has 2 nitrogen and oxygen atoms in total. The number of likely N-dealkylation sites (N-methyl/N-ethyl adjacent to an activating group) is 1. The van der Waals surface area contributed by atoms with Gasteiger partial charge in [0.2, 0.25) is 0 Å². The second kappa shape index (κ2) is 8.27. The first-order chi connectivity index (χ1) is 10.2. The fourth-order valence-corrected chi connectivity index (χ4v) is 2.54. The molecular weight excluding hydrogens is 333 g/mol.